The Hall–Kier alpha value is -2.32. The average molecular weight is 553 g/mol. The summed E-state index contributed by atoms with van der Waals surface area (Å²) in [6, 6.07) is 1.73. The molecule has 0 radical (unpaired) electrons. The summed E-state index contributed by atoms with van der Waals surface area (Å²) in [5, 5.41) is 51.7. The van der Waals surface area contributed by atoms with Gasteiger partial charge in [-0.15, -0.1) is 0 Å². The standard InChI is InChI=1S/C27H36O12/c1-26-9-16(12-4-5-36-11-12)37-24(34)14(26)8-19(39-25-22(32)21(31)20(30)17(10-28)38-25)27(2)15(23(33)35-3)6-13(29)7-18(26)27/h4-6,11,13-14,16-22,25,28-32H,7-10H2,1-3H3/t13-,14+,16-,17+,18-,19+,20+,21-,22+,25-,26+,27-/m0/s1. The van der Waals surface area contributed by atoms with Gasteiger partial charge in [-0.2, -0.15) is 0 Å². The predicted octanol–water partition coefficient (Wildman–Crippen LogP) is -0.0346. The molecule has 1 aromatic heterocycles. The number of carbonyl (C=O) groups excluding carboxylic acids is 2. The first-order valence-corrected chi connectivity index (χ1v) is 13.1. The van der Waals surface area contributed by atoms with Crippen molar-refractivity contribution >= 4 is 11.9 Å². The lowest BCUT2D eigenvalue weighted by Gasteiger charge is -2.62. The molecule has 2 aliphatic carbocycles. The molecule has 216 valence electrons. The van der Waals surface area contributed by atoms with Gasteiger partial charge < -0.3 is 48.9 Å². The van der Waals surface area contributed by atoms with Crippen LogP contribution in [0.15, 0.2) is 34.7 Å². The lowest BCUT2D eigenvalue weighted by Crippen LogP contribution is -2.65. The van der Waals surface area contributed by atoms with E-state index in [-0.39, 0.29) is 18.4 Å². The first-order chi connectivity index (χ1) is 18.4. The van der Waals surface area contributed by atoms with Crippen LogP contribution in [0.2, 0.25) is 0 Å². The Morgan fingerprint density at radius 2 is 1.87 bits per heavy atom. The molecule has 0 aromatic carbocycles. The fourth-order valence-corrected chi connectivity index (χ4v) is 7.33. The second-order valence-electron chi connectivity index (χ2n) is 11.5. The molecule has 39 heavy (non-hydrogen) atoms. The number of furan rings is 1. The summed E-state index contributed by atoms with van der Waals surface area (Å²) in [6.45, 7) is 3.11. The highest BCUT2D eigenvalue weighted by molar-refractivity contribution is 5.91. The summed E-state index contributed by atoms with van der Waals surface area (Å²) in [4.78, 5) is 26.6. The molecule has 12 nitrogen and oxygen atoms in total. The lowest BCUT2D eigenvalue weighted by molar-refractivity contribution is -0.329. The molecule has 0 unspecified atom stereocenters. The zero-order valence-corrected chi connectivity index (χ0v) is 22.0. The molecule has 0 spiro atoms. The zero-order chi connectivity index (χ0) is 28.3. The van der Waals surface area contributed by atoms with Crippen LogP contribution in [0.3, 0.4) is 0 Å². The fraction of sp³-hybridized carbons (Fsp3) is 0.704. The van der Waals surface area contributed by atoms with Crippen LogP contribution in [0.5, 0.6) is 0 Å². The highest BCUT2D eigenvalue weighted by Crippen LogP contribution is 2.65. The molecule has 4 aliphatic rings. The van der Waals surface area contributed by atoms with Crippen LogP contribution in [0.1, 0.15) is 44.8 Å². The summed E-state index contributed by atoms with van der Waals surface area (Å²) in [6.07, 6.45) is -5.02. The van der Waals surface area contributed by atoms with Crippen molar-refractivity contribution in [3.05, 3.63) is 35.8 Å². The summed E-state index contributed by atoms with van der Waals surface area (Å²) in [5.41, 5.74) is -1.02. The van der Waals surface area contributed by atoms with Crippen molar-refractivity contribution in [1.82, 2.24) is 0 Å². The molecule has 0 bridgehead atoms. The van der Waals surface area contributed by atoms with E-state index in [1.807, 2.05) is 6.92 Å². The van der Waals surface area contributed by atoms with Crippen LogP contribution in [-0.4, -0.2) is 94.1 Å². The molecule has 5 N–H and O–H groups in total. The van der Waals surface area contributed by atoms with E-state index in [1.165, 1.54) is 25.7 Å². The number of methoxy groups -OCH3 is 1. The smallest absolute Gasteiger partial charge is 0.334 e. The van der Waals surface area contributed by atoms with Gasteiger partial charge in [0.25, 0.3) is 0 Å². The van der Waals surface area contributed by atoms with Gasteiger partial charge in [0.2, 0.25) is 0 Å². The van der Waals surface area contributed by atoms with E-state index in [1.54, 1.807) is 13.0 Å². The Bertz CT molecular complexity index is 1100. The molecule has 12 heteroatoms. The van der Waals surface area contributed by atoms with Gasteiger partial charge in [-0.3, -0.25) is 4.79 Å². The minimum absolute atomic E-state index is 0.0693. The second kappa shape index (κ2) is 10.3. The van der Waals surface area contributed by atoms with Gasteiger partial charge in [0.15, 0.2) is 6.29 Å². The second-order valence-corrected chi connectivity index (χ2v) is 11.5. The molecular formula is C27H36O12. The summed E-state index contributed by atoms with van der Waals surface area (Å²) in [5.74, 6) is -2.33. The maximum absolute atomic E-state index is 13.5. The number of aliphatic hydroxyl groups is 5. The third kappa shape index (κ3) is 4.42. The van der Waals surface area contributed by atoms with Gasteiger partial charge >= 0.3 is 11.9 Å². The number of carbonyl (C=O) groups is 2. The maximum Gasteiger partial charge on any atom is 0.334 e. The molecule has 1 aromatic rings. The number of ether oxygens (including phenoxy) is 4. The van der Waals surface area contributed by atoms with Crippen molar-refractivity contribution in [2.75, 3.05) is 13.7 Å². The molecule has 1 saturated carbocycles. The normalized spacial score (nSPS) is 45.9. The topological polar surface area (TPSA) is 185 Å². The number of rotatable bonds is 5. The molecule has 3 heterocycles. The van der Waals surface area contributed by atoms with E-state index in [0.717, 1.165) is 0 Å². The number of hydrogen-bond acceptors (Lipinski definition) is 12. The van der Waals surface area contributed by atoms with Crippen molar-refractivity contribution in [3.63, 3.8) is 0 Å². The minimum atomic E-state index is -1.68. The van der Waals surface area contributed by atoms with E-state index in [4.69, 9.17) is 23.4 Å². The summed E-state index contributed by atoms with van der Waals surface area (Å²) < 4.78 is 28.0. The third-order valence-electron chi connectivity index (χ3n) is 9.49. The van der Waals surface area contributed by atoms with E-state index in [2.05, 4.69) is 0 Å². The van der Waals surface area contributed by atoms with Crippen LogP contribution in [0.4, 0.5) is 0 Å². The largest absolute Gasteiger partial charge is 0.472 e. The molecule has 12 atom stereocenters. The predicted molar refractivity (Wildman–Crippen MR) is 129 cm³/mol. The molecule has 5 rings (SSSR count). The minimum Gasteiger partial charge on any atom is -0.472 e. The Morgan fingerprint density at radius 1 is 1.13 bits per heavy atom. The van der Waals surface area contributed by atoms with Crippen LogP contribution in [0.25, 0.3) is 0 Å². The van der Waals surface area contributed by atoms with E-state index < -0.39 is 90.2 Å². The van der Waals surface area contributed by atoms with Gasteiger partial charge in [0.1, 0.15) is 30.5 Å². The summed E-state index contributed by atoms with van der Waals surface area (Å²) in [7, 11) is 1.23. The number of esters is 2. The lowest BCUT2D eigenvalue weighted by atomic mass is 9.44. The van der Waals surface area contributed by atoms with Gasteiger partial charge in [0.05, 0.1) is 44.4 Å². The highest BCUT2D eigenvalue weighted by atomic mass is 16.7. The molecule has 2 aliphatic heterocycles. The van der Waals surface area contributed by atoms with Crippen LogP contribution in [-0.2, 0) is 28.5 Å². The molecular weight excluding hydrogens is 516 g/mol. The van der Waals surface area contributed by atoms with Gasteiger partial charge in [-0.1, -0.05) is 13.8 Å². The Morgan fingerprint density at radius 3 is 2.51 bits per heavy atom. The van der Waals surface area contributed by atoms with Crippen molar-refractivity contribution in [3.8, 4) is 0 Å². The van der Waals surface area contributed by atoms with E-state index >= 15 is 0 Å². The average Bonchev–Trinajstić information content (AvgIpc) is 3.45. The van der Waals surface area contributed by atoms with Gasteiger partial charge in [-0.05, 0) is 42.7 Å². The van der Waals surface area contributed by atoms with Gasteiger partial charge in [0, 0.05) is 16.6 Å². The van der Waals surface area contributed by atoms with Crippen molar-refractivity contribution in [2.24, 2.45) is 22.7 Å². The number of aliphatic hydroxyl groups excluding tert-OH is 5. The van der Waals surface area contributed by atoms with Crippen molar-refractivity contribution < 1.29 is 58.5 Å². The quantitative estimate of drug-likeness (QED) is 0.308. The monoisotopic (exact) mass is 552 g/mol. The number of cyclic esters (lactones) is 1. The van der Waals surface area contributed by atoms with Crippen LogP contribution in [0, 0.1) is 22.7 Å². The van der Waals surface area contributed by atoms with Crippen molar-refractivity contribution in [2.45, 2.75) is 82.1 Å². The Balaban J connectivity index is 1.56. The first-order valence-electron chi connectivity index (χ1n) is 13.1. The SMILES string of the molecule is COC(=O)C1=C[C@H](O)C[C@H]2[C@]3(C)C[C@@H](c4ccoc4)OC(=O)[C@H]3C[C@@H](O[C@@H]3O[C@H](CO)[C@@H](O)[C@H](O)[C@H]3O)[C@@]12C. The zero-order valence-electron chi connectivity index (χ0n) is 22.0. The molecule has 0 amide bonds. The number of hydrogen-bond donors (Lipinski definition) is 5. The Labute approximate surface area is 225 Å². The maximum atomic E-state index is 13.5. The van der Waals surface area contributed by atoms with E-state index in [0.29, 0.717) is 12.0 Å². The molecule has 2 saturated heterocycles. The fourth-order valence-electron chi connectivity index (χ4n) is 7.33. The van der Waals surface area contributed by atoms with Crippen molar-refractivity contribution in [1.29, 1.82) is 0 Å². The van der Waals surface area contributed by atoms with Crippen LogP contribution < -0.4 is 0 Å². The number of fused-ring (bicyclic) bond motifs is 3. The van der Waals surface area contributed by atoms with Gasteiger partial charge in [-0.25, -0.2) is 4.79 Å². The highest BCUT2D eigenvalue weighted by Gasteiger charge is 2.66. The van der Waals surface area contributed by atoms with E-state index in [9.17, 15) is 35.1 Å². The molecule has 3 fully saturated rings. The summed E-state index contributed by atoms with van der Waals surface area (Å²) >= 11 is 0. The third-order valence-corrected chi connectivity index (χ3v) is 9.49. The van der Waals surface area contributed by atoms with Crippen LogP contribution >= 0.6 is 0 Å². The Kier molecular flexibility index (Phi) is 7.42. The first kappa shape index (κ1) is 28.2.